The molecule has 0 fully saturated rings. The predicted molar refractivity (Wildman–Crippen MR) is 155 cm³/mol. The van der Waals surface area contributed by atoms with Gasteiger partial charge in [0, 0.05) is 40.4 Å². The molecule has 3 heterocycles. The molecule has 2 aromatic carbocycles. The molecule has 0 saturated carbocycles. The molecule has 14 heteroatoms. The molecule has 0 aliphatic carbocycles. The number of anilines is 3. The third-order valence-electron chi connectivity index (χ3n) is 6.32. The van der Waals surface area contributed by atoms with E-state index in [0.717, 1.165) is 12.1 Å². The molecule has 0 saturated heterocycles. The van der Waals surface area contributed by atoms with Crippen molar-refractivity contribution in [2.45, 2.75) is 13.1 Å². The number of hydrogen-bond donors (Lipinski definition) is 2. The SMILES string of the molecule is C=C(C)C(=O)Nc1cc(C(F)(F)F)ccc1Nc1cc2c(cn1)cc(-c1c(Cl)c(OC)cc(OC)c1Cl)c1ncnn12. The smallest absolute Gasteiger partial charge is 0.416 e. The first-order valence-corrected chi connectivity index (χ1v) is 12.9. The summed E-state index contributed by atoms with van der Waals surface area (Å²) in [6.07, 6.45) is -1.72. The molecule has 0 bridgehead atoms. The Morgan fingerprint density at radius 1 is 1.00 bits per heavy atom. The summed E-state index contributed by atoms with van der Waals surface area (Å²) in [5.74, 6) is 0.313. The van der Waals surface area contributed by atoms with E-state index in [1.165, 1.54) is 39.7 Å². The van der Waals surface area contributed by atoms with Crippen LogP contribution in [-0.2, 0) is 11.0 Å². The minimum Gasteiger partial charge on any atom is -0.495 e. The molecular weight excluding hydrogens is 596 g/mol. The topological polar surface area (TPSA) is 103 Å². The zero-order valence-corrected chi connectivity index (χ0v) is 23.7. The van der Waals surface area contributed by atoms with E-state index in [0.29, 0.717) is 39.2 Å². The van der Waals surface area contributed by atoms with Gasteiger partial charge in [-0.15, -0.1) is 0 Å². The minimum atomic E-state index is -4.61. The average Bonchev–Trinajstić information content (AvgIpc) is 3.44. The van der Waals surface area contributed by atoms with Crippen molar-refractivity contribution < 1.29 is 27.4 Å². The minimum absolute atomic E-state index is 0.0998. The van der Waals surface area contributed by atoms with Crippen LogP contribution in [0.25, 0.3) is 27.7 Å². The molecule has 0 aliphatic heterocycles. The summed E-state index contributed by atoms with van der Waals surface area (Å²) in [5, 5.41) is 10.9. The monoisotopic (exact) mass is 616 g/mol. The lowest BCUT2D eigenvalue weighted by Gasteiger charge is -2.17. The number of carbonyl (C=O) groups excluding carboxylic acids is 1. The third kappa shape index (κ3) is 5.26. The van der Waals surface area contributed by atoms with E-state index in [-0.39, 0.29) is 32.8 Å². The molecular formula is C28H21Cl2F3N6O3. The largest absolute Gasteiger partial charge is 0.495 e. The average molecular weight is 617 g/mol. The molecule has 5 rings (SSSR count). The van der Waals surface area contributed by atoms with Crippen molar-refractivity contribution in [1.29, 1.82) is 0 Å². The van der Waals surface area contributed by atoms with Gasteiger partial charge in [-0.3, -0.25) is 4.79 Å². The van der Waals surface area contributed by atoms with Crippen molar-refractivity contribution in [2.24, 2.45) is 0 Å². The lowest BCUT2D eigenvalue weighted by Crippen LogP contribution is -2.15. The van der Waals surface area contributed by atoms with Crippen LogP contribution in [0.5, 0.6) is 11.5 Å². The molecule has 42 heavy (non-hydrogen) atoms. The second-order valence-corrected chi connectivity index (χ2v) is 9.84. The summed E-state index contributed by atoms with van der Waals surface area (Å²) in [7, 11) is 2.94. The zero-order valence-electron chi connectivity index (χ0n) is 22.2. The quantitative estimate of drug-likeness (QED) is 0.182. The Labute approximate surface area is 246 Å². The van der Waals surface area contributed by atoms with Crippen LogP contribution in [0.4, 0.5) is 30.4 Å². The van der Waals surface area contributed by atoms with Gasteiger partial charge in [-0.2, -0.15) is 18.3 Å². The summed E-state index contributed by atoms with van der Waals surface area (Å²) in [6, 6.07) is 7.93. The number of methoxy groups -OCH3 is 2. The van der Waals surface area contributed by atoms with Crippen molar-refractivity contribution >= 4 is 62.9 Å². The summed E-state index contributed by atoms with van der Waals surface area (Å²) >= 11 is 13.3. The maximum absolute atomic E-state index is 13.4. The van der Waals surface area contributed by atoms with E-state index >= 15 is 0 Å². The van der Waals surface area contributed by atoms with Crippen molar-refractivity contribution in [3.8, 4) is 22.6 Å². The van der Waals surface area contributed by atoms with Gasteiger partial charge in [0.25, 0.3) is 5.91 Å². The maximum Gasteiger partial charge on any atom is 0.416 e. The summed E-state index contributed by atoms with van der Waals surface area (Å²) < 4.78 is 52.5. The van der Waals surface area contributed by atoms with Gasteiger partial charge in [-0.25, -0.2) is 14.5 Å². The van der Waals surface area contributed by atoms with E-state index in [9.17, 15) is 18.0 Å². The van der Waals surface area contributed by atoms with Crippen LogP contribution >= 0.6 is 23.2 Å². The maximum atomic E-state index is 13.4. The normalized spacial score (nSPS) is 11.5. The highest BCUT2D eigenvalue weighted by Gasteiger charge is 2.31. The number of halogens is 5. The highest BCUT2D eigenvalue weighted by molar-refractivity contribution is 6.41. The molecule has 0 spiro atoms. The van der Waals surface area contributed by atoms with Crippen LogP contribution in [0, 0.1) is 0 Å². The number of aromatic nitrogens is 4. The Morgan fingerprint density at radius 2 is 1.69 bits per heavy atom. The number of carbonyl (C=O) groups is 1. The molecule has 2 N–H and O–H groups in total. The van der Waals surface area contributed by atoms with Gasteiger partial charge in [-0.1, -0.05) is 29.8 Å². The van der Waals surface area contributed by atoms with E-state index in [2.05, 4.69) is 32.3 Å². The van der Waals surface area contributed by atoms with Crippen molar-refractivity contribution in [3.63, 3.8) is 0 Å². The highest BCUT2D eigenvalue weighted by atomic mass is 35.5. The number of nitrogens with one attached hydrogen (secondary N) is 2. The fourth-order valence-corrected chi connectivity index (χ4v) is 4.95. The van der Waals surface area contributed by atoms with Crippen LogP contribution in [0.15, 0.2) is 61.1 Å². The summed E-state index contributed by atoms with van der Waals surface area (Å²) in [4.78, 5) is 21.1. The molecule has 0 atom stereocenters. The Morgan fingerprint density at radius 3 is 2.31 bits per heavy atom. The molecule has 216 valence electrons. The summed E-state index contributed by atoms with van der Waals surface area (Å²) in [6.45, 7) is 4.98. The van der Waals surface area contributed by atoms with E-state index in [1.54, 1.807) is 22.7 Å². The number of fused-ring (bicyclic) bond motifs is 3. The van der Waals surface area contributed by atoms with Crippen molar-refractivity contribution in [3.05, 3.63) is 76.7 Å². The van der Waals surface area contributed by atoms with Crippen molar-refractivity contribution in [1.82, 2.24) is 19.6 Å². The fourth-order valence-electron chi connectivity index (χ4n) is 4.25. The number of alkyl halides is 3. The van der Waals surface area contributed by atoms with Gasteiger partial charge >= 0.3 is 6.18 Å². The first-order chi connectivity index (χ1) is 19.9. The Kier molecular flexibility index (Phi) is 7.60. The van der Waals surface area contributed by atoms with Crippen LogP contribution < -0.4 is 20.1 Å². The molecule has 0 unspecified atom stereocenters. The molecule has 5 aromatic rings. The molecule has 9 nitrogen and oxygen atoms in total. The van der Waals surface area contributed by atoms with E-state index < -0.39 is 17.6 Å². The fraction of sp³-hybridized carbons (Fsp3) is 0.143. The number of ether oxygens (including phenoxy) is 2. The second-order valence-electron chi connectivity index (χ2n) is 9.08. The first-order valence-electron chi connectivity index (χ1n) is 12.1. The van der Waals surface area contributed by atoms with Gasteiger partial charge < -0.3 is 20.1 Å². The van der Waals surface area contributed by atoms with Gasteiger partial charge in [-0.05, 0) is 31.2 Å². The van der Waals surface area contributed by atoms with E-state index in [1.807, 2.05) is 0 Å². The standard InChI is InChI=1S/C28H21Cl2F3N6O3/c1-13(2)27(40)38-18-8-15(28(31,32)33)5-6-17(18)37-22-9-19-14(11-34-22)7-16(26-35-12-36-39(19)26)23-24(29)20(41-3)10-21(42-4)25(23)30/h5-12H,1H2,2-4H3,(H,34,37)(H,38,40). The molecule has 1 amide bonds. The lowest BCUT2D eigenvalue weighted by atomic mass is 10.0. The predicted octanol–water partition coefficient (Wildman–Crippen LogP) is 7.55. The lowest BCUT2D eigenvalue weighted by molar-refractivity contribution is -0.137. The van der Waals surface area contributed by atoms with Crippen LogP contribution in [0.1, 0.15) is 12.5 Å². The Bertz CT molecular complexity index is 1860. The number of amides is 1. The zero-order chi connectivity index (χ0) is 30.3. The summed E-state index contributed by atoms with van der Waals surface area (Å²) in [5.41, 5.74) is 1.19. The van der Waals surface area contributed by atoms with Crippen molar-refractivity contribution in [2.75, 3.05) is 24.9 Å². The molecule has 0 aliphatic rings. The number of rotatable bonds is 7. The number of nitrogens with zero attached hydrogens (tertiary/aromatic N) is 4. The van der Waals surface area contributed by atoms with Gasteiger partial charge in [0.15, 0.2) is 5.65 Å². The highest BCUT2D eigenvalue weighted by Crippen LogP contribution is 2.47. The van der Waals surface area contributed by atoms with Crippen LogP contribution in [0.2, 0.25) is 10.0 Å². The number of benzene rings is 2. The molecule has 0 radical (unpaired) electrons. The van der Waals surface area contributed by atoms with Crippen LogP contribution in [-0.4, -0.2) is 39.7 Å². The van der Waals surface area contributed by atoms with Gasteiger partial charge in [0.05, 0.1) is 46.7 Å². The molecule has 3 aromatic heterocycles. The van der Waals surface area contributed by atoms with Gasteiger partial charge in [0.2, 0.25) is 0 Å². The van der Waals surface area contributed by atoms with Crippen LogP contribution in [0.3, 0.4) is 0 Å². The third-order valence-corrected chi connectivity index (χ3v) is 7.07. The van der Waals surface area contributed by atoms with E-state index in [4.69, 9.17) is 32.7 Å². The number of pyridine rings is 2. The second kappa shape index (κ2) is 11.0. The number of hydrogen-bond acceptors (Lipinski definition) is 7. The Balaban J connectivity index is 1.63. The van der Waals surface area contributed by atoms with Gasteiger partial charge in [0.1, 0.15) is 23.6 Å². The Hall–Kier alpha value is -4.55. The first kappa shape index (κ1) is 29.0.